The Morgan fingerprint density at radius 3 is 2.48 bits per heavy atom. The summed E-state index contributed by atoms with van der Waals surface area (Å²) in [6, 6.07) is 7.95. The lowest BCUT2D eigenvalue weighted by Crippen LogP contribution is -2.48. The number of nitrogens with zero attached hydrogens (tertiary/aromatic N) is 1. The number of nitrogens with one attached hydrogen (secondary N) is 3. The summed E-state index contributed by atoms with van der Waals surface area (Å²) in [7, 11) is 1.67. The predicted molar refractivity (Wildman–Crippen MR) is 112 cm³/mol. The fraction of sp³-hybridized carbons (Fsp3) is 0.444. The maximum Gasteiger partial charge on any atom is 0.239 e. The van der Waals surface area contributed by atoms with Gasteiger partial charge in [-0.05, 0) is 33.8 Å². The van der Waals surface area contributed by atoms with Crippen LogP contribution in [0.4, 0.5) is 0 Å². The molecule has 2 aromatic rings. The quantitative estimate of drug-likeness (QED) is 0.374. The maximum absolute atomic E-state index is 11.8. The molecule has 1 amide bonds. The summed E-state index contributed by atoms with van der Waals surface area (Å²) >= 11 is 0. The van der Waals surface area contributed by atoms with Crippen LogP contribution >= 0.6 is 24.0 Å². The molecule has 0 aliphatic heterocycles. The molecule has 7 heteroatoms. The van der Waals surface area contributed by atoms with Gasteiger partial charge < -0.3 is 20.4 Å². The Kier molecular flexibility index (Phi) is 7.72. The first-order valence-corrected chi connectivity index (χ1v) is 8.02. The van der Waals surface area contributed by atoms with Gasteiger partial charge in [0.1, 0.15) is 11.3 Å². The Bertz CT molecular complexity index is 747. The van der Waals surface area contributed by atoms with Crippen LogP contribution in [0.1, 0.15) is 32.1 Å². The molecule has 0 aliphatic rings. The molecule has 0 spiro atoms. The number of carbonyl (C=O) groups excluding carboxylic acids is 1. The van der Waals surface area contributed by atoms with E-state index in [4.69, 9.17) is 4.42 Å². The highest BCUT2D eigenvalue weighted by molar-refractivity contribution is 14.0. The number of carbonyl (C=O) groups is 1. The number of halogens is 1. The van der Waals surface area contributed by atoms with Gasteiger partial charge in [0, 0.05) is 23.5 Å². The summed E-state index contributed by atoms with van der Waals surface area (Å²) in [5.74, 6) is 1.34. The van der Waals surface area contributed by atoms with Gasteiger partial charge in [-0.15, -0.1) is 24.0 Å². The van der Waals surface area contributed by atoms with Crippen molar-refractivity contribution in [3.63, 3.8) is 0 Å². The Morgan fingerprint density at radius 2 is 1.88 bits per heavy atom. The van der Waals surface area contributed by atoms with E-state index in [1.54, 1.807) is 7.05 Å². The fourth-order valence-corrected chi connectivity index (χ4v) is 2.40. The Balaban J connectivity index is 0.00000312. The normalized spacial score (nSPS) is 11.8. The minimum Gasteiger partial charge on any atom is -0.459 e. The summed E-state index contributed by atoms with van der Waals surface area (Å²) < 4.78 is 5.86. The third-order valence-corrected chi connectivity index (χ3v) is 3.51. The van der Waals surface area contributed by atoms with Gasteiger partial charge in [-0.2, -0.15) is 0 Å². The zero-order valence-corrected chi connectivity index (χ0v) is 17.7. The molecule has 25 heavy (non-hydrogen) atoms. The third kappa shape index (κ3) is 6.22. The van der Waals surface area contributed by atoms with Gasteiger partial charge in [0.15, 0.2) is 5.96 Å². The first-order chi connectivity index (χ1) is 11.3. The van der Waals surface area contributed by atoms with E-state index in [2.05, 4.69) is 20.9 Å². The molecule has 2 rings (SSSR count). The van der Waals surface area contributed by atoms with E-state index in [0.717, 1.165) is 22.3 Å². The second kappa shape index (κ2) is 9.07. The Morgan fingerprint density at radius 1 is 1.20 bits per heavy atom. The Labute approximate surface area is 165 Å². The molecule has 1 aromatic carbocycles. The number of benzene rings is 1. The molecule has 0 saturated carbocycles. The van der Waals surface area contributed by atoms with Crippen LogP contribution in [0.2, 0.25) is 0 Å². The summed E-state index contributed by atoms with van der Waals surface area (Å²) in [4.78, 5) is 16.0. The summed E-state index contributed by atoms with van der Waals surface area (Å²) in [6.07, 6.45) is 0. The van der Waals surface area contributed by atoms with Crippen molar-refractivity contribution in [1.82, 2.24) is 16.0 Å². The SMILES string of the molecule is CN=C(NCC(=O)NC(C)(C)C)NCc1oc2ccccc2c1C.I. The lowest BCUT2D eigenvalue weighted by molar-refractivity contribution is -0.121. The van der Waals surface area contributed by atoms with E-state index in [9.17, 15) is 4.79 Å². The van der Waals surface area contributed by atoms with Crippen molar-refractivity contribution >= 4 is 46.8 Å². The molecule has 1 heterocycles. The van der Waals surface area contributed by atoms with Gasteiger partial charge in [-0.25, -0.2) is 0 Å². The van der Waals surface area contributed by atoms with E-state index in [0.29, 0.717) is 12.5 Å². The average Bonchev–Trinajstić information content (AvgIpc) is 2.83. The summed E-state index contributed by atoms with van der Waals surface area (Å²) in [5, 5.41) is 10.2. The number of aliphatic imine (C=N–C) groups is 1. The molecule has 0 aliphatic carbocycles. The van der Waals surface area contributed by atoms with Crippen LogP contribution in [0.15, 0.2) is 33.7 Å². The van der Waals surface area contributed by atoms with Crippen LogP contribution in [0.25, 0.3) is 11.0 Å². The van der Waals surface area contributed by atoms with Crippen molar-refractivity contribution in [3.05, 3.63) is 35.6 Å². The Hall–Kier alpha value is -1.77. The van der Waals surface area contributed by atoms with E-state index < -0.39 is 0 Å². The number of hydrogen-bond acceptors (Lipinski definition) is 3. The predicted octanol–water partition coefficient (Wildman–Crippen LogP) is 2.94. The van der Waals surface area contributed by atoms with Crippen LogP contribution in [0.3, 0.4) is 0 Å². The van der Waals surface area contributed by atoms with Gasteiger partial charge in [0.25, 0.3) is 0 Å². The van der Waals surface area contributed by atoms with Crippen molar-refractivity contribution in [2.45, 2.75) is 39.8 Å². The van der Waals surface area contributed by atoms with Crippen molar-refractivity contribution in [3.8, 4) is 0 Å². The molecular formula is C18H27IN4O2. The van der Waals surface area contributed by atoms with Crippen LogP contribution in [-0.2, 0) is 11.3 Å². The minimum absolute atomic E-state index is 0. The van der Waals surface area contributed by atoms with Crippen LogP contribution in [-0.4, -0.2) is 31.0 Å². The number of rotatable bonds is 4. The summed E-state index contributed by atoms with van der Waals surface area (Å²) in [5.41, 5.74) is 1.74. The number of hydrogen-bond donors (Lipinski definition) is 3. The van der Waals surface area contributed by atoms with Gasteiger partial charge in [-0.3, -0.25) is 9.79 Å². The highest BCUT2D eigenvalue weighted by Gasteiger charge is 2.14. The number of amides is 1. The second-order valence-electron chi connectivity index (χ2n) is 6.72. The molecule has 0 fully saturated rings. The molecule has 0 unspecified atom stereocenters. The topological polar surface area (TPSA) is 78.7 Å². The third-order valence-electron chi connectivity index (χ3n) is 3.51. The smallest absolute Gasteiger partial charge is 0.239 e. The van der Waals surface area contributed by atoms with Gasteiger partial charge in [-0.1, -0.05) is 18.2 Å². The van der Waals surface area contributed by atoms with Crippen molar-refractivity contribution in [2.75, 3.05) is 13.6 Å². The number of fused-ring (bicyclic) bond motifs is 1. The number of guanidine groups is 1. The van der Waals surface area contributed by atoms with Gasteiger partial charge >= 0.3 is 0 Å². The van der Waals surface area contributed by atoms with E-state index in [-0.39, 0.29) is 42.0 Å². The standard InChI is InChI=1S/C18H26N4O2.HI/c1-12-13-8-6-7-9-14(13)24-15(12)10-20-17(19-5)21-11-16(23)22-18(2,3)4;/h6-9H,10-11H2,1-5H3,(H,22,23)(H2,19,20,21);1H. The number of aryl methyl sites for hydroxylation is 1. The lowest BCUT2D eigenvalue weighted by Gasteiger charge is -2.21. The van der Waals surface area contributed by atoms with Crippen LogP contribution < -0.4 is 16.0 Å². The largest absolute Gasteiger partial charge is 0.459 e. The van der Waals surface area contributed by atoms with Crippen molar-refractivity contribution in [1.29, 1.82) is 0 Å². The zero-order chi connectivity index (χ0) is 17.7. The molecule has 0 radical (unpaired) electrons. The second-order valence-corrected chi connectivity index (χ2v) is 6.72. The fourth-order valence-electron chi connectivity index (χ4n) is 2.40. The first-order valence-electron chi connectivity index (χ1n) is 8.02. The van der Waals surface area contributed by atoms with E-state index in [1.165, 1.54) is 0 Å². The van der Waals surface area contributed by atoms with Crippen LogP contribution in [0.5, 0.6) is 0 Å². The lowest BCUT2D eigenvalue weighted by atomic mass is 10.1. The molecule has 1 aromatic heterocycles. The highest BCUT2D eigenvalue weighted by atomic mass is 127. The summed E-state index contributed by atoms with van der Waals surface area (Å²) in [6.45, 7) is 8.54. The average molecular weight is 458 g/mol. The zero-order valence-electron chi connectivity index (χ0n) is 15.4. The molecule has 0 saturated heterocycles. The maximum atomic E-state index is 11.8. The molecule has 6 nitrogen and oxygen atoms in total. The number of furan rings is 1. The number of para-hydroxylation sites is 1. The van der Waals surface area contributed by atoms with E-state index >= 15 is 0 Å². The van der Waals surface area contributed by atoms with E-state index in [1.807, 2.05) is 52.0 Å². The van der Waals surface area contributed by atoms with Crippen molar-refractivity contribution < 1.29 is 9.21 Å². The highest BCUT2D eigenvalue weighted by Crippen LogP contribution is 2.24. The molecule has 0 atom stereocenters. The molecule has 138 valence electrons. The first kappa shape index (κ1) is 21.3. The minimum atomic E-state index is -0.249. The van der Waals surface area contributed by atoms with Crippen LogP contribution in [0, 0.1) is 6.92 Å². The molecule has 3 N–H and O–H groups in total. The monoisotopic (exact) mass is 458 g/mol. The van der Waals surface area contributed by atoms with Crippen molar-refractivity contribution in [2.24, 2.45) is 4.99 Å². The molecular weight excluding hydrogens is 431 g/mol. The van der Waals surface area contributed by atoms with Gasteiger partial charge in [0.2, 0.25) is 5.91 Å². The van der Waals surface area contributed by atoms with Gasteiger partial charge in [0.05, 0.1) is 13.1 Å². The molecule has 0 bridgehead atoms.